The van der Waals surface area contributed by atoms with Gasteiger partial charge in [0.2, 0.25) is 0 Å². The molecule has 2 rings (SSSR count). The summed E-state index contributed by atoms with van der Waals surface area (Å²) < 4.78 is 0. The summed E-state index contributed by atoms with van der Waals surface area (Å²) in [5.74, 6) is 0. The largest absolute Gasteiger partial charge is 0.369 e. The highest BCUT2D eigenvalue weighted by molar-refractivity contribution is 6.32. The van der Waals surface area contributed by atoms with Gasteiger partial charge in [0.05, 0.1) is 10.6 Å². The van der Waals surface area contributed by atoms with Gasteiger partial charge in [-0.05, 0) is 43.9 Å². The summed E-state index contributed by atoms with van der Waals surface area (Å²) >= 11 is 6.09. The number of nitriles is 1. The minimum Gasteiger partial charge on any atom is -0.369 e. The van der Waals surface area contributed by atoms with Gasteiger partial charge in [-0.15, -0.1) is 0 Å². The number of anilines is 1. The smallest absolute Gasteiger partial charge is 0.101 e. The lowest BCUT2D eigenvalue weighted by atomic mass is 9.99. The third-order valence-electron chi connectivity index (χ3n) is 3.50. The summed E-state index contributed by atoms with van der Waals surface area (Å²) in [5, 5.41) is 9.43. The van der Waals surface area contributed by atoms with Crippen LogP contribution in [0.1, 0.15) is 38.2 Å². The number of hydrogen-bond donors (Lipinski definition) is 0. The van der Waals surface area contributed by atoms with Crippen LogP contribution >= 0.6 is 11.6 Å². The highest BCUT2D eigenvalue weighted by Crippen LogP contribution is 2.29. The second kappa shape index (κ2) is 5.42. The van der Waals surface area contributed by atoms with E-state index in [1.165, 1.54) is 19.3 Å². The minimum absolute atomic E-state index is 0.556. The fraction of sp³-hybridized carbons (Fsp3) is 0.500. The van der Waals surface area contributed by atoms with Crippen molar-refractivity contribution in [1.29, 1.82) is 5.26 Å². The van der Waals surface area contributed by atoms with Gasteiger partial charge in [0.15, 0.2) is 0 Å². The number of piperidine rings is 1. The van der Waals surface area contributed by atoms with E-state index in [2.05, 4.69) is 17.9 Å². The van der Waals surface area contributed by atoms with Gasteiger partial charge in [0, 0.05) is 18.3 Å². The lowest BCUT2D eigenvalue weighted by molar-refractivity contribution is 0.450. The molecule has 1 aliphatic rings. The molecule has 1 aromatic carbocycles. The van der Waals surface area contributed by atoms with Gasteiger partial charge in [0.1, 0.15) is 6.07 Å². The van der Waals surface area contributed by atoms with Crippen molar-refractivity contribution in [3.8, 4) is 6.07 Å². The third kappa shape index (κ3) is 2.56. The fourth-order valence-corrected chi connectivity index (χ4v) is 2.76. The Kier molecular flexibility index (Phi) is 3.91. The molecule has 0 bridgehead atoms. The molecular weight excluding hydrogens is 232 g/mol. The number of rotatable bonds is 2. The SMILES string of the molecule is CCC1CCCCN1c1ccc(C#N)c(Cl)c1. The zero-order valence-corrected chi connectivity index (χ0v) is 10.9. The lowest BCUT2D eigenvalue weighted by Gasteiger charge is -2.37. The van der Waals surface area contributed by atoms with E-state index in [0.717, 1.165) is 18.7 Å². The first-order valence-corrected chi connectivity index (χ1v) is 6.60. The number of hydrogen-bond acceptors (Lipinski definition) is 2. The maximum atomic E-state index is 8.87. The molecule has 1 aliphatic heterocycles. The van der Waals surface area contributed by atoms with Crippen LogP contribution in [0, 0.1) is 11.3 Å². The van der Waals surface area contributed by atoms with Crippen LogP contribution in [0.2, 0.25) is 5.02 Å². The van der Waals surface area contributed by atoms with Crippen molar-refractivity contribution in [2.45, 2.75) is 38.6 Å². The molecule has 0 N–H and O–H groups in total. The lowest BCUT2D eigenvalue weighted by Crippen LogP contribution is -2.39. The molecule has 0 aromatic heterocycles. The molecule has 0 aliphatic carbocycles. The van der Waals surface area contributed by atoms with Gasteiger partial charge < -0.3 is 4.90 Å². The average molecular weight is 249 g/mol. The van der Waals surface area contributed by atoms with Crippen LogP contribution < -0.4 is 4.90 Å². The summed E-state index contributed by atoms with van der Waals surface area (Å²) in [4.78, 5) is 2.43. The van der Waals surface area contributed by atoms with E-state index in [1.54, 1.807) is 0 Å². The number of benzene rings is 1. The quantitative estimate of drug-likeness (QED) is 0.792. The Morgan fingerprint density at radius 1 is 1.47 bits per heavy atom. The van der Waals surface area contributed by atoms with Gasteiger partial charge in [-0.1, -0.05) is 18.5 Å². The molecule has 3 heteroatoms. The molecule has 90 valence electrons. The van der Waals surface area contributed by atoms with Gasteiger partial charge in [-0.25, -0.2) is 0 Å². The molecule has 1 heterocycles. The van der Waals surface area contributed by atoms with Crippen LogP contribution in [-0.2, 0) is 0 Å². The molecule has 1 saturated heterocycles. The molecule has 1 aromatic rings. The normalized spacial score (nSPS) is 20.1. The second-order valence-electron chi connectivity index (χ2n) is 4.53. The fourth-order valence-electron chi connectivity index (χ4n) is 2.54. The Labute approximate surface area is 108 Å². The molecule has 0 radical (unpaired) electrons. The molecule has 2 nitrogen and oxygen atoms in total. The summed E-state index contributed by atoms with van der Waals surface area (Å²) in [6.07, 6.45) is 4.98. The Balaban J connectivity index is 2.26. The van der Waals surface area contributed by atoms with E-state index in [4.69, 9.17) is 16.9 Å². The van der Waals surface area contributed by atoms with Crippen molar-refractivity contribution in [3.05, 3.63) is 28.8 Å². The summed E-state index contributed by atoms with van der Waals surface area (Å²) in [6, 6.07) is 8.47. The van der Waals surface area contributed by atoms with E-state index in [0.29, 0.717) is 16.6 Å². The van der Waals surface area contributed by atoms with Crippen LogP contribution in [0.25, 0.3) is 0 Å². The number of halogens is 1. The van der Waals surface area contributed by atoms with Crippen molar-refractivity contribution in [2.75, 3.05) is 11.4 Å². The molecule has 0 saturated carbocycles. The van der Waals surface area contributed by atoms with E-state index in [-0.39, 0.29) is 0 Å². The molecule has 17 heavy (non-hydrogen) atoms. The van der Waals surface area contributed by atoms with E-state index in [1.807, 2.05) is 18.2 Å². The van der Waals surface area contributed by atoms with Gasteiger partial charge >= 0.3 is 0 Å². The molecule has 0 amide bonds. The zero-order chi connectivity index (χ0) is 12.3. The van der Waals surface area contributed by atoms with Crippen LogP contribution in [-0.4, -0.2) is 12.6 Å². The number of nitrogens with zero attached hydrogens (tertiary/aromatic N) is 2. The minimum atomic E-state index is 0.556. The van der Waals surface area contributed by atoms with E-state index in [9.17, 15) is 0 Å². The predicted octanol–water partition coefficient (Wildman–Crippen LogP) is 3.98. The molecule has 1 unspecified atom stereocenters. The van der Waals surface area contributed by atoms with Crippen molar-refractivity contribution < 1.29 is 0 Å². The van der Waals surface area contributed by atoms with Crippen LogP contribution in [0.5, 0.6) is 0 Å². The van der Waals surface area contributed by atoms with Gasteiger partial charge in [-0.3, -0.25) is 0 Å². The standard InChI is InChI=1S/C14H17ClN2/c1-2-12-5-3-4-8-17(12)13-7-6-11(10-16)14(15)9-13/h6-7,9,12H,2-5,8H2,1H3. The first-order chi connectivity index (χ1) is 8.26. The summed E-state index contributed by atoms with van der Waals surface area (Å²) in [6.45, 7) is 3.33. The van der Waals surface area contributed by atoms with Crippen LogP contribution in [0.15, 0.2) is 18.2 Å². The Hall–Kier alpha value is -1.20. The summed E-state index contributed by atoms with van der Waals surface area (Å²) in [7, 11) is 0. The Bertz CT molecular complexity index is 436. The predicted molar refractivity (Wildman–Crippen MR) is 71.4 cm³/mol. The van der Waals surface area contributed by atoms with Gasteiger partial charge in [-0.2, -0.15) is 5.26 Å². The molecule has 1 fully saturated rings. The first kappa shape index (κ1) is 12.3. The first-order valence-electron chi connectivity index (χ1n) is 6.22. The van der Waals surface area contributed by atoms with Crippen molar-refractivity contribution in [3.63, 3.8) is 0 Å². The monoisotopic (exact) mass is 248 g/mol. The van der Waals surface area contributed by atoms with Crippen molar-refractivity contribution in [2.24, 2.45) is 0 Å². The maximum absolute atomic E-state index is 8.87. The zero-order valence-electron chi connectivity index (χ0n) is 10.1. The maximum Gasteiger partial charge on any atom is 0.101 e. The van der Waals surface area contributed by atoms with Crippen molar-refractivity contribution in [1.82, 2.24) is 0 Å². The van der Waals surface area contributed by atoms with Crippen molar-refractivity contribution >= 4 is 17.3 Å². The molecule has 1 atom stereocenters. The summed E-state index contributed by atoms with van der Waals surface area (Å²) in [5.41, 5.74) is 1.71. The molecule has 0 spiro atoms. The topological polar surface area (TPSA) is 27.0 Å². The second-order valence-corrected chi connectivity index (χ2v) is 4.93. The third-order valence-corrected chi connectivity index (χ3v) is 3.82. The van der Waals surface area contributed by atoms with Crippen LogP contribution in [0.4, 0.5) is 5.69 Å². The van der Waals surface area contributed by atoms with E-state index >= 15 is 0 Å². The average Bonchev–Trinajstić information content (AvgIpc) is 2.38. The van der Waals surface area contributed by atoms with Gasteiger partial charge in [0.25, 0.3) is 0 Å². The molecular formula is C14H17ClN2. The van der Waals surface area contributed by atoms with Crippen LogP contribution in [0.3, 0.4) is 0 Å². The highest BCUT2D eigenvalue weighted by atomic mass is 35.5. The highest BCUT2D eigenvalue weighted by Gasteiger charge is 2.21. The Morgan fingerprint density at radius 2 is 2.29 bits per heavy atom. The van der Waals surface area contributed by atoms with E-state index < -0.39 is 0 Å². The Morgan fingerprint density at radius 3 is 2.94 bits per heavy atom.